The summed E-state index contributed by atoms with van der Waals surface area (Å²) in [4.78, 5) is 65.2. The average Bonchev–Trinajstić information content (AvgIpc) is 3.59. The normalized spacial score (nSPS) is 12.6. The molecule has 1 aliphatic heterocycles. The van der Waals surface area contributed by atoms with E-state index in [0.717, 1.165) is 34.6 Å². The van der Waals surface area contributed by atoms with Crippen molar-refractivity contribution in [2.24, 2.45) is 11.7 Å². The quantitative estimate of drug-likeness (QED) is 0.0913. The second kappa shape index (κ2) is 23.3. The minimum absolute atomic E-state index is 0.00271. The maximum absolute atomic E-state index is 13.9. The summed E-state index contributed by atoms with van der Waals surface area (Å²) >= 11 is 0. The Bertz CT molecular complexity index is 1790. The Morgan fingerprint density at radius 1 is 0.789 bits per heavy atom. The molecule has 0 radical (unpaired) electrons. The van der Waals surface area contributed by atoms with Gasteiger partial charge in [0.25, 0.3) is 0 Å². The van der Waals surface area contributed by atoms with E-state index >= 15 is 0 Å². The number of anilines is 1. The van der Waals surface area contributed by atoms with Gasteiger partial charge in [-0.15, -0.1) is 5.10 Å². The number of rotatable bonds is 25. The molecule has 0 spiro atoms. The number of para-hydroxylation sites is 1. The Hall–Kier alpha value is -4.99. The van der Waals surface area contributed by atoms with E-state index in [9.17, 15) is 24.0 Å². The highest BCUT2D eigenvalue weighted by Gasteiger charge is 2.29. The first-order valence-electron chi connectivity index (χ1n) is 20.1. The summed E-state index contributed by atoms with van der Waals surface area (Å²) in [5.74, 6) is -1.26. The van der Waals surface area contributed by atoms with Crippen LogP contribution in [0, 0.1) is 5.92 Å². The van der Waals surface area contributed by atoms with Gasteiger partial charge in [-0.2, -0.15) is 0 Å². The second-order valence-electron chi connectivity index (χ2n) is 14.8. The molecule has 3 aromatic rings. The van der Waals surface area contributed by atoms with Gasteiger partial charge in [0.2, 0.25) is 23.6 Å². The Labute approximate surface area is 335 Å². The molecule has 15 nitrogen and oxygen atoms in total. The zero-order valence-electron chi connectivity index (χ0n) is 33.9. The molecular formula is C42H60N8O7. The average molecular weight is 789 g/mol. The second-order valence-corrected chi connectivity index (χ2v) is 14.8. The van der Waals surface area contributed by atoms with E-state index in [1.165, 1.54) is 0 Å². The van der Waals surface area contributed by atoms with Crippen molar-refractivity contribution in [3.05, 3.63) is 54.1 Å². The van der Waals surface area contributed by atoms with E-state index in [1.807, 2.05) is 67.1 Å². The fourth-order valence-corrected chi connectivity index (χ4v) is 6.49. The number of primary amides is 1. The molecule has 0 unspecified atom stereocenters. The molecule has 2 aromatic carbocycles. The highest BCUT2D eigenvalue weighted by atomic mass is 16.5. The highest BCUT2D eigenvalue weighted by Crippen LogP contribution is 2.41. The van der Waals surface area contributed by atoms with Crippen LogP contribution in [0.3, 0.4) is 0 Å². The van der Waals surface area contributed by atoms with Crippen LogP contribution in [0.5, 0.6) is 0 Å². The van der Waals surface area contributed by atoms with Gasteiger partial charge in [-0.05, 0) is 37.3 Å². The van der Waals surface area contributed by atoms with Crippen molar-refractivity contribution in [2.45, 2.75) is 104 Å². The van der Waals surface area contributed by atoms with E-state index in [-0.39, 0.29) is 55.3 Å². The molecule has 15 heteroatoms. The summed E-state index contributed by atoms with van der Waals surface area (Å²) < 4.78 is 12.7. The lowest BCUT2D eigenvalue weighted by Crippen LogP contribution is -2.44. The Morgan fingerprint density at radius 3 is 2.25 bits per heavy atom. The Morgan fingerprint density at radius 2 is 1.51 bits per heavy atom. The molecular weight excluding hydrogens is 729 g/mol. The highest BCUT2D eigenvalue weighted by molar-refractivity contribution is 6.01. The van der Waals surface area contributed by atoms with E-state index < -0.39 is 11.9 Å². The van der Waals surface area contributed by atoms with Gasteiger partial charge in [0.15, 0.2) is 0 Å². The monoisotopic (exact) mass is 788 g/mol. The van der Waals surface area contributed by atoms with Crippen molar-refractivity contribution in [2.75, 3.05) is 44.4 Å². The Balaban J connectivity index is 1.24. The molecule has 0 saturated heterocycles. The van der Waals surface area contributed by atoms with Gasteiger partial charge in [-0.3, -0.25) is 24.0 Å². The summed E-state index contributed by atoms with van der Waals surface area (Å²) in [7, 11) is 0. The SMILES string of the molecule is CC(C)NCCOCCOCCC(=O)N[C@@H](CCCCNC(=O)CCC(=O)N1Cc2ccccc2-c2nnn(CCCC(=O)C(C)C)c2-c2ccccc21)C(N)=O. The lowest BCUT2D eigenvalue weighted by Gasteiger charge is -2.28. The number of unbranched alkanes of at least 4 members (excludes halogenated alkanes) is 1. The number of hydrogen-bond donors (Lipinski definition) is 4. The number of nitrogens with two attached hydrogens (primary N) is 1. The lowest BCUT2D eigenvalue weighted by molar-refractivity contribution is -0.128. The minimum atomic E-state index is -0.826. The number of carbonyl (C=O) groups is 5. The van der Waals surface area contributed by atoms with Gasteiger partial charge >= 0.3 is 0 Å². The molecule has 0 aliphatic carbocycles. The van der Waals surface area contributed by atoms with Crippen molar-refractivity contribution in [1.29, 1.82) is 0 Å². The molecule has 1 aromatic heterocycles. The molecule has 0 saturated carbocycles. The molecule has 0 bridgehead atoms. The fraction of sp³-hybridized carbons (Fsp3) is 0.548. The lowest BCUT2D eigenvalue weighted by atomic mass is 9.95. The molecule has 57 heavy (non-hydrogen) atoms. The maximum atomic E-state index is 13.9. The van der Waals surface area contributed by atoms with Crippen LogP contribution < -0.4 is 26.6 Å². The van der Waals surface area contributed by atoms with Crippen LogP contribution >= 0.6 is 0 Å². The van der Waals surface area contributed by atoms with Crippen LogP contribution in [0.15, 0.2) is 48.5 Å². The van der Waals surface area contributed by atoms with E-state index in [2.05, 4.69) is 40.1 Å². The molecule has 2 heterocycles. The summed E-state index contributed by atoms with van der Waals surface area (Å²) in [6.07, 6.45) is 2.56. The molecule has 310 valence electrons. The standard InChI is InChI=1S/C42H60N8O7/c1-29(2)36(51)17-11-23-50-41-33-14-7-8-16-35(33)49(28-31-12-5-6-13-32(31)40(41)47-48-50)39(54)19-18-37(52)45-21-10-9-15-34(42(43)55)46-38(53)20-24-56-26-27-57-25-22-44-30(3)4/h5-8,12-14,16,29-30,34,44H,9-11,15,17-28H2,1-4H3,(H2,43,55)(H,45,52)(H,46,53)/t34-/m0/s1. The predicted molar refractivity (Wildman–Crippen MR) is 218 cm³/mol. The summed E-state index contributed by atoms with van der Waals surface area (Å²) in [6, 6.07) is 15.0. The molecule has 4 amide bonds. The third-order valence-corrected chi connectivity index (χ3v) is 9.65. The number of fused-ring (bicyclic) bond motifs is 5. The zero-order chi connectivity index (χ0) is 41.2. The molecule has 1 aliphatic rings. The van der Waals surface area contributed by atoms with E-state index in [4.69, 9.17) is 15.2 Å². The number of ketones is 1. The molecule has 5 N–H and O–H groups in total. The maximum Gasteiger partial charge on any atom is 0.239 e. The number of ether oxygens (including phenoxy) is 2. The van der Waals surface area contributed by atoms with E-state index in [1.54, 1.807) is 4.90 Å². The van der Waals surface area contributed by atoms with Crippen LogP contribution in [0.25, 0.3) is 22.5 Å². The largest absolute Gasteiger partial charge is 0.379 e. The minimum Gasteiger partial charge on any atom is -0.379 e. The molecule has 1 atom stereocenters. The summed E-state index contributed by atoms with van der Waals surface area (Å²) in [5.41, 5.74) is 10.3. The first-order chi connectivity index (χ1) is 27.5. The van der Waals surface area contributed by atoms with Crippen LogP contribution in [-0.4, -0.2) is 96.0 Å². The number of Topliss-reactive ketones (excluding diaryl/α,β-unsaturated/α-hetero) is 1. The van der Waals surface area contributed by atoms with Crippen LogP contribution in [0.2, 0.25) is 0 Å². The van der Waals surface area contributed by atoms with Gasteiger partial charge in [0.1, 0.15) is 17.5 Å². The van der Waals surface area contributed by atoms with Gasteiger partial charge in [0.05, 0.1) is 44.4 Å². The smallest absolute Gasteiger partial charge is 0.239 e. The summed E-state index contributed by atoms with van der Waals surface area (Å²) in [6.45, 7) is 11.4. The van der Waals surface area contributed by atoms with Crippen molar-refractivity contribution in [3.63, 3.8) is 0 Å². The zero-order valence-corrected chi connectivity index (χ0v) is 33.9. The number of nitrogens with one attached hydrogen (secondary N) is 3. The third kappa shape index (κ3) is 14.2. The van der Waals surface area contributed by atoms with E-state index in [0.29, 0.717) is 83.3 Å². The number of nitrogens with zero attached hydrogens (tertiary/aromatic N) is 4. The summed E-state index contributed by atoms with van der Waals surface area (Å²) in [5, 5.41) is 17.9. The Kier molecular flexibility index (Phi) is 18.3. The van der Waals surface area contributed by atoms with Gasteiger partial charge in [0, 0.05) is 68.4 Å². The number of aryl methyl sites for hydroxylation is 1. The van der Waals surface area contributed by atoms with Crippen molar-refractivity contribution in [1.82, 2.24) is 30.9 Å². The topological polar surface area (TPSA) is 200 Å². The first kappa shape index (κ1) is 44.7. The molecule has 0 fully saturated rings. The van der Waals surface area contributed by atoms with Crippen LogP contribution in [0.1, 0.15) is 84.6 Å². The number of hydrogen-bond acceptors (Lipinski definition) is 10. The first-order valence-corrected chi connectivity index (χ1v) is 20.1. The molecule has 4 rings (SSSR count). The van der Waals surface area contributed by atoms with Gasteiger partial charge in [-0.1, -0.05) is 75.4 Å². The predicted octanol–water partition coefficient (Wildman–Crippen LogP) is 3.92. The van der Waals surface area contributed by atoms with Gasteiger partial charge < -0.3 is 36.1 Å². The van der Waals surface area contributed by atoms with Crippen molar-refractivity contribution in [3.8, 4) is 22.5 Å². The number of aromatic nitrogens is 3. The number of carbonyl (C=O) groups excluding carboxylic acids is 5. The fourth-order valence-electron chi connectivity index (χ4n) is 6.49. The van der Waals surface area contributed by atoms with Crippen molar-refractivity contribution < 1.29 is 33.4 Å². The third-order valence-electron chi connectivity index (χ3n) is 9.65. The van der Waals surface area contributed by atoms with Gasteiger partial charge in [-0.25, -0.2) is 4.68 Å². The van der Waals surface area contributed by atoms with Crippen LogP contribution in [-0.2, 0) is 46.5 Å². The number of amides is 4. The number of benzene rings is 2. The van der Waals surface area contributed by atoms with Crippen molar-refractivity contribution >= 4 is 35.1 Å². The van der Waals surface area contributed by atoms with Crippen LogP contribution in [0.4, 0.5) is 5.69 Å².